The number of nitrogens with two attached hydrogens (primary N) is 2. The van der Waals surface area contributed by atoms with Crippen molar-refractivity contribution >= 4 is 11.9 Å². The molecule has 16 heavy (non-hydrogen) atoms. The van der Waals surface area contributed by atoms with E-state index in [9.17, 15) is 14.7 Å². The molecule has 0 fully saturated rings. The van der Waals surface area contributed by atoms with Gasteiger partial charge in [0.05, 0.1) is 18.6 Å². The van der Waals surface area contributed by atoms with Crippen LogP contribution in [0.15, 0.2) is 0 Å². The highest BCUT2D eigenvalue weighted by atomic mass is 16.4. The fourth-order valence-electron chi connectivity index (χ4n) is 0.995. The van der Waals surface area contributed by atoms with Crippen LogP contribution in [-0.2, 0) is 9.59 Å². The van der Waals surface area contributed by atoms with Gasteiger partial charge in [0.2, 0.25) is 5.91 Å². The molecule has 0 heterocycles. The topological polar surface area (TPSA) is 189 Å². The van der Waals surface area contributed by atoms with Crippen molar-refractivity contribution in [1.29, 1.82) is 0 Å². The quantitative estimate of drug-likeness (QED) is 0.340. The van der Waals surface area contributed by atoms with Crippen LogP contribution in [0, 0.1) is 0 Å². The van der Waals surface area contributed by atoms with Gasteiger partial charge in [-0.05, 0) is 25.8 Å². The maximum atomic E-state index is 10.8. The monoisotopic (exact) mass is 238 g/mol. The fourth-order valence-corrected chi connectivity index (χ4v) is 0.995. The second kappa shape index (κ2) is 11.9. The van der Waals surface area contributed by atoms with E-state index in [4.69, 9.17) is 11.5 Å². The molecule has 0 unspecified atom stereocenters. The molecule has 98 valence electrons. The Morgan fingerprint density at radius 2 is 1.81 bits per heavy atom. The van der Waals surface area contributed by atoms with Crippen molar-refractivity contribution in [3.8, 4) is 0 Å². The van der Waals surface area contributed by atoms with Gasteiger partial charge >= 0.3 is 0 Å². The Morgan fingerprint density at radius 3 is 2.19 bits per heavy atom. The van der Waals surface area contributed by atoms with Crippen LogP contribution in [0.4, 0.5) is 0 Å². The molecular formula is C8H22N4O4. The molecule has 0 aliphatic rings. The molecule has 0 aromatic heterocycles. The van der Waals surface area contributed by atoms with Crippen molar-refractivity contribution in [2.24, 2.45) is 11.5 Å². The number of unbranched alkanes of at least 4 members (excludes halogenated alkanes) is 1. The summed E-state index contributed by atoms with van der Waals surface area (Å²) in [7, 11) is 0. The number of aliphatic carboxylic acids is 1. The molecule has 0 saturated heterocycles. The number of carboxylic acids is 1. The first-order valence-corrected chi connectivity index (χ1v) is 4.52. The number of hydrogen-bond acceptors (Lipinski definition) is 5. The van der Waals surface area contributed by atoms with Gasteiger partial charge in [-0.2, -0.15) is 0 Å². The van der Waals surface area contributed by atoms with Crippen LogP contribution >= 0.6 is 0 Å². The van der Waals surface area contributed by atoms with Crippen LogP contribution < -0.4 is 28.0 Å². The number of amides is 1. The number of nitrogens with one attached hydrogen (secondary N) is 1. The zero-order chi connectivity index (χ0) is 11.0. The number of hydrogen-bond donors (Lipinski definition) is 4. The molecule has 0 aromatic carbocycles. The molecule has 0 bridgehead atoms. The third kappa shape index (κ3) is 9.34. The van der Waals surface area contributed by atoms with Gasteiger partial charge in [0.25, 0.3) is 0 Å². The Hall–Kier alpha value is -1.22. The van der Waals surface area contributed by atoms with Crippen molar-refractivity contribution < 1.29 is 20.2 Å². The summed E-state index contributed by atoms with van der Waals surface area (Å²) in [5.41, 5.74) is 10.3. The summed E-state index contributed by atoms with van der Waals surface area (Å²) in [5.74, 6) is -1.78. The van der Waals surface area contributed by atoms with Gasteiger partial charge in [0.15, 0.2) is 0 Å². The van der Waals surface area contributed by atoms with Crippen molar-refractivity contribution in [2.75, 3.05) is 13.1 Å². The number of quaternary nitrogens is 1. The van der Waals surface area contributed by atoms with Crippen molar-refractivity contribution in [1.82, 2.24) is 11.5 Å². The minimum absolute atomic E-state index is 0. The predicted octanol–water partition coefficient (Wildman–Crippen LogP) is -3.14. The average molecular weight is 238 g/mol. The van der Waals surface area contributed by atoms with Gasteiger partial charge in [-0.1, -0.05) is 0 Å². The Labute approximate surface area is 94.3 Å². The molecule has 0 radical (unpaired) electrons. The van der Waals surface area contributed by atoms with E-state index in [2.05, 4.69) is 5.32 Å². The zero-order valence-electron chi connectivity index (χ0n) is 9.49. The van der Waals surface area contributed by atoms with Gasteiger partial charge in [0, 0.05) is 0 Å². The van der Waals surface area contributed by atoms with Crippen LogP contribution in [0.3, 0.4) is 0 Å². The van der Waals surface area contributed by atoms with Crippen molar-refractivity contribution in [2.45, 2.75) is 25.3 Å². The SMILES string of the molecule is NCCCC[C@H](NC(=O)CN)C(=O)[O-].O.[NH4+]. The average Bonchev–Trinajstić information content (AvgIpc) is 2.16. The molecular weight excluding hydrogens is 216 g/mol. The Kier molecular flexibility index (Phi) is 15.0. The van der Waals surface area contributed by atoms with Crippen LogP contribution in [0.1, 0.15) is 19.3 Å². The molecule has 0 rings (SSSR count). The molecule has 0 saturated carbocycles. The molecule has 8 heteroatoms. The summed E-state index contributed by atoms with van der Waals surface area (Å²) in [6, 6.07) is -0.961. The smallest absolute Gasteiger partial charge is 0.234 e. The number of carbonyl (C=O) groups excluding carboxylic acids is 2. The normalized spacial score (nSPS) is 10.6. The van der Waals surface area contributed by atoms with Crippen molar-refractivity contribution in [3.63, 3.8) is 0 Å². The highest BCUT2D eigenvalue weighted by Crippen LogP contribution is 1.99. The third-order valence-electron chi connectivity index (χ3n) is 1.75. The lowest BCUT2D eigenvalue weighted by atomic mass is 10.1. The minimum Gasteiger partial charge on any atom is -0.548 e. The third-order valence-corrected chi connectivity index (χ3v) is 1.75. The molecule has 0 aliphatic heterocycles. The predicted molar refractivity (Wildman–Crippen MR) is 58.5 cm³/mol. The zero-order valence-corrected chi connectivity index (χ0v) is 9.49. The van der Waals surface area contributed by atoms with E-state index in [1.54, 1.807) is 0 Å². The van der Waals surface area contributed by atoms with E-state index in [0.717, 1.165) is 6.42 Å². The van der Waals surface area contributed by atoms with Gasteiger partial charge in [0.1, 0.15) is 0 Å². The molecule has 8 nitrogen and oxygen atoms in total. The van der Waals surface area contributed by atoms with Crippen LogP contribution in [0.5, 0.6) is 0 Å². The van der Waals surface area contributed by atoms with Gasteiger partial charge in [-0.25, -0.2) is 0 Å². The Balaban J connectivity index is -0.000000845. The van der Waals surface area contributed by atoms with Crippen LogP contribution in [-0.4, -0.2) is 36.5 Å². The van der Waals surface area contributed by atoms with Gasteiger partial charge < -0.3 is 38.3 Å². The van der Waals surface area contributed by atoms with E-state index in [0.29, 0.717) is 19.4 Å². The summed E-state index contributed by atoms with van der Waals surface area (Å²) < 4.78 is 0. The van der Waals surface area contributed by atoms with E-state index >= 15 is 0 Å². The van der Waals surface area contributed by atoms with E-state index < -0.39 is 17.9 Å². The minimum atomic E-state index is -1.29. The van der Waals surface area contributed by atoms with E-state index in [1.807, 2.05) is 0 Å². The van der Waals surface area contributed by atoms with E-state index in [1.165, 1.54) is 0 Å². The highest BCUT2D eigenvalue weighted by molar-refractivity contribution is 5.83. The number of rotatable bonds is 7. The summed E-state index contributed by atoms with van der Waals surface area (Å²) in [5, 5.41) is 12.8. The second-order valence-corrected chi connectivity index (χ2v) is 2.93. The van der Waals surface area contributed by atoms with Crippen LogP contribution in [0.25, 0.3) is 0 Å². The lowest BCUT2D eigenvalue weighted by Crippen LogP contribution is -2.49. The maximum absolute atomic E-state index is 10.8. The molecule has 11 N–H and O–H groups in total. The van der Waals surface area contributed by atoms with Crippen LogP contribution in [0.2, 0.25) is 0 Å². The van der Waals surface area contributed by atoms with Gasteiger partial charge in [-0.15, -0.1) is 0 Å². The lowest BCUT2D eigenvalue weighted by Gasteiger charge is -2.18. The first kappa shape index (κ1) is 20.2. The molecule has 0 aliphatic carbocycles. The molecule has 0 spiro atoms. The first-order valence-electron chi connectivity index (χ1n) is 4.52. The van der Waals surface area contributed by atoms with Gasteiger partial charge in [-0.3, -0.25) is 4.79 Å². The highest BCUT2D eigenvalue weighted by Gasteiger charge is 2.11. The van der Waals surface area contributed by atoms with Crippen molar-refractivity contribution in [3.05, 3.63) is 0 Å². The summed E-state index contributed by atoms with van der Waals surface area (Å²) in [6.07, 6.45) is 1.69. The Morgan fingerprint density at radius 1 is 1.25 bits per heavy atom. The summed E-state index contributed by atoms with van der Waals surface area (Å²) in [4.78, 5) is 21.4. The summed E-state index contributed by atoms with van der Waals surface area (Å²) >= 11 is 0. The standard InChI is InChI=1S/C8H17N3O3.H3N.H2O/c9-4-2-1-3-6(8(13)14)11-7(12)5-10;;/h6H,1-5,9-10H2,(H,11,12)(H,13,14);1H3;1H2/t6-;;/m0../s1. The summed E-state index contributed by atoms with van der Waals surface area (Å²) in [6.45, 7) is 0.283. The number of carbonyl (C=O) groups is 2. The first-order chi connectivity index (χ1) is 6.61. The molecule has 1 amide bonds. The largest absolute Gasteiger partial charge is 0.548 e. The number of carboxylic acid groups (broad SMARTS) is 1. The maximum Gasteiger partial charge on any atom is 0.234 e. The second-order valence-electron chi connectivity index (χ2n) is 2.93. The lowest BCUT2D eigenvalue weighted by molar-refractivity contribution is -0.308. The Bertz CT molecular complexity index is 200. The fraction of sp³-hybridized carbons (Fsp3) is 0.750. The molecule has 0 aromatic rings. The van der Waals surface area contributed by atoms with E-state index in [-0.39, 0.29) is 18.2 Å². The molecule has 1 atom stereocenters.